The van der Waals surface area contributed by atoms with Crippen LogP contribution in [-0.4, -0.2) is 21.8 Å². The SMILES string of the molecule is CCC(CC)(CBr)NC(=O)c1scnc1C. The van der Waals surface area contributed by atoms with E-state index >= 15 is 0 Å². The maximum absolute atomic E-state index is 12.1. The Labute approximate surface area is 109 Å². The fourth-order valence-corrected chi connectivity index (χ4v) is 3.10. The van der Waals surface area contributed by atoms with E-state index in [1.54, 1.807) is 5.51 Å². The van der Waals surface area contributed by atoms with Crippen LogP contribution in [0.1, 0.15) is 42.1 Å². The molecule has 0 aliphatic rings. The first kappa shape index (κ1) is 13.6. The molecular weight excluding hydrogens is 288 g/mol. The molecular formula is C11H17BrN2OS. The van der Waals surface area contributed by atoms with Crippen LogP contribution in [0.25, 0.3) is 0 Å². The van der Waals surface area contributed by atoms with E-state index < -0.39 is 0 Å². The first-order valence-corrected chi connectivity index (χ1v) is 7.37. The summed E-state index contributed by atoms with van der Waals surface area (Å²) in [7, 11) is 0. The van der Waals surface area contributed by atoms with Crippen LogP contribution in [0.5, 0.6) is 0 Å². The van der Waals surface area contributed by atoms with Gasteiger partial charge < -0.3 is 5.32 Å². The summed E-state index contributed by atoms with van der Waals surface area (Å²) in [5, 5.41) is 3.88. The summed E-state index contributed by atoms with van der Waals surface area (Å²) in [6, 6.07) is 0. The summed E-state index contributed by atoms with van der Waals surface area (Å²) in [5.74, 6) is -0.0110. The van der Waals surface area contributed by atoms with Gasteiger partial charge in [0.05, 0.1) is 11.2 Å². The molecule has 90 valence electrons. The van der Waals surface area contributed by atoms with Crippen LogP contribution in [0.2, 0.25) is 0 Å². The molecule has 0 aliphatic heterocycles. The molecule has 0 aliphatic carbocycles. The van der Waals surface area contributed by atoms with Gasteiger partial charge >= 0.3 is 0 Å². The molecule has 0 radical (unpaired) electrons. The number of aromatic nitrogens is 1. The number of nitrogens with zero attached hydrogens (tertiary/aromatic N) is 1. The Balaban J connectivity index is 2.81. The molecule has 0 saturated heterocycles. The molecule has 1 aromatic rings. The predicted octanol–water partition coefficient (Wildman–Crippen LogP) is 3.14. The molecule has 1 heterocycles. The zero-order chi connectivity index (χ0) is 12.2. The molecule has 0 spiro atoms. The average molecular weight is 305 g/mol. The highest BCUT2D eigenvalue weighted by Gasteiger charge is 2.28. The lowest BCUT2D eigenvalue weighted by molar-refractivity contribution is 0.0907. The first-order chi connectivity index (χ1) is 7.58. The van der Waals surface area contributed by atoms with E-state index in [4.69, 9.17) is 0 Å². The Bertz CT molecular complexity index is 352. The average Bonchev–Trinajstić information content (AvgIpc) is 2.72. The van der Waals surface area contributed by atoms with Gasteiger partial charge in [-0.3, -0.25) is 4.79 Å². The second kappa shape index (κ2) is 5.77. The minimum Gasteiger partial charge on any atom is -0.345 e. The topological polar surface area (TPSA) is 42.0 Å². The van der Waals surface area contributed by atoms with Crippen molar-refractivity contribution in [1.29, 1.82) is 0 Å². The zero-order valence-electron chi connectivity index (χ0n) is 9.84. The largest absolute Gasteiger partial charge is 0.345 e. The molecule has 0 fully saturated rings. The lowest BCUT2D eigenvalue weighted by Crippen LogP contribution is -2.49. The fraction of sp³-hybridized carbons (Fsp3) is 0.636. The van der Waals surface area contributed by atoms with Gasteiger partial charge in [-0.15, -0.1) is 11.3 Å². The number of hydrogen-bond donors (Lipinski definition) is 1. The zero-order valence-corrected chi connectivity index (χ0v) is 12.2. The van der Waals surface area contributed by atoms with Crippen LogP contribution in [-0.2, 0) is 0 Å². The molecule has 0 unspecified atom stereocenters. The predicted molar refractivity (Wildman–Crippen MR) is 71.4 cm³/mol. The number of nitrogens with one attached hydrogen (secondary N) is 1. The van der Waals surface area contributed by atoms with E-state index in [0.717, 1.165) is 23.9 Å². The summed E-state index contributed by atoms with van der Waals surface area (Å²) in [4.78, 5) is 16.9. The van der Waals surface area contributed by atoms with E-state index in [0.29, 0.717) is 4.88 Å². The van der Waals surface area contributed by atoms with E-state index in [1.807, 2.05) is 6.92 Å². The van der Waals surface area contributed by atoms with E-state index in [9.17, 15) is 4.79 Å². The van der Waals surface area contributed by atoms with Crippen LogP contribution in [0.3, 0.4) is 0 Å². The highest BCUT2D eigenvalue weighted by Crippen LogP contribution is 2.20. The summed E-state index contributed by atoms with van der Waals surface area (Å²) in [6.07, 6.45) is 1.83. The van der Waals surface area contributed by atoms with Crippen molar-refractivity contribution in [2.45, 2.75) is 39.2 Å². The van der Waals surface area contributed by atoms with Crippen LogP contribution >= 0.6 is 27.3 Å². The van der Waals surface area contributed by atoms with Crippen molar-refractivity contribution >= 4 is 33.2 Å². The van der Waals surface area contributed by atoms with Gasteiger partial charge in [0.1, 0.15) is 4.88 Å². The Morgan fingerprint density at radius 2 is 2.19 bits per heavy atom. The van der Waals surface area contributed by atoms with Crippen molar-refractivity contribution in [3.63, 3.8) is 0 Å². The van der Waals surface area contributed by atoms with Gasteiger partial charge in [0.2, 0.25) is 0 Å². The second-order valence-corrected chi connectivity index (χ2v) is 5.26. The normalized spacial score (nSPS) is 11.5. The molecule has 1 N–H and O–H groups in total. The molecule has 3 nitrogen and oxygen atoms in total. The van der Waals surface area contributed by atoms with Crippen molar-refractivity contribution in [2.24, 2.45) is 0 Å². The third-order valence-corrected chi connectivity index (χ3v) is 4.94. The van der Waals surface area contributed by atoms with Gasteiger partial charge in [-0.1, -0.05) is 29.8 Å². The minimum absolute atomic E-state index is 0.0110. The first-order valence-electron chi connectivity index (χ1n) is 5.37. The maximum Gasteiger partial charge on any atom is 0.263 e. The summed E-state index contributed by atoms with van der Waals surface area (Å²) >= 11 is 4.87. The quantitative estimate of drug-likeness (QED) is 0.849. The third-order valence-electron chi connectivity index (χ3n) is 2.94. The number of amides is 1. The third kappa shape index (κ3) is 2.83. The Hall–Kier alpha value is -0.420. The number of thiazole rings is 1. The smallest absolute Gasteiger partial charge is 0.263 e. The van der Waals surface area contributed by atoms with Gasteiger partial charge in [0.15, 0.2) is 0 Å². The summed E-state index contributed by atoms with van der Waals surface area (Å²) < 4.78 is 0. The number of aryl methyl sites for hydroxylation is 1. The fourth-order valence-electron chi connectivity index (χ4n) is 1.47. The molecule has 0 saturated carbocycles. The van der Waals surface area contributed by atoms with Gasteiger partial charge in [-0.05, 0) is 19.8 Å². The lowest BCUT2D eigenvalue weighted by Gasteiger charge is -2.30. The van der Waals surface area contributed by atoms with Gasteiger partial charge in [0.25, 0.3) is 5.91 Å². The van der Waals surface area contributed by atoms with Crippen molar-refractivity contribution in [1.82, 2.24) is 10.3 Å². The van der Waals surface area contributed by atoms with Crippen molar-refractivity contribution in [3.05, 3.63) is 16.1 Å². The van der Waals surface area contributed by atoms with Crippen LogP contribution in [0.4, 0.5) is 0 Å². The summed E-state index contributed by atoms with van der Waals surface area (Å²) in [6.45, 7) is 6.04. The Morgan fingerprint density at radius 1 is 1.56 bits per heavy atom. The Morgan fingerprint density at radius 3 is 2.56 bits per heavy atom. The lowest BCUT2D eigenvalue weighted by atomic mass is 9.95. The standard InChI is InChI=1S/C11H17BrN2OS/c1-4-11(5-2,6-12)14-10(15)9-8(3)13-7-16-9/h7H,4-6H2,1-3H3,(H,14,15). The number of rotatable bonds is 5. The van der Waals surface area contributed by atoms with Gasteiger partial charge in [-0.2, -0.15) is 0 Å². The second-order valence-electron chi connectivity index (χ2n) is 3.84. The number of halogens is 1. The molecule has 5 heteroatoms. The summed E-state index contributed by atoms with van der Waals surface area (Å²) in [5.41, 5.74) is 2.36. The number of carbonyl (C=O) groups is 1. The number of hydrogen-bond acceptors (Lipinski definition) is 3. The molecule has 1 aromatic heterocycles. The molecule has 16 heavy (non-hydrogen) atoms. The minimum atomic E-state index is -0.145. The molecule has 1 amide bonds. The van der Waals surface area contributed by atoms with Crippen LogP contribution < -0.4 is 5.32 Å². The molecule has 0 atom stereocenters. The highest BCUT2D eigenvalue weighted by atomic mass is 79.9. The number of alkyl halides is 1. The van der Waals surface area contributed by atoms with Crippen molar-refractivity contribution in [2.75, 3.05) is 5.33 Å². The van der Waals surface area contributed by atoms with Crippen LogP contribution in [0.15, 0.2) is 5.51 Å². The molecule has 0 aromatic carbocycles. The van der Waals surface area contributed by atoms with Gasteiger partial charge in [-0.25, -0.2) is 4.98 Å². The van der Waals surface area contributed by atoms with E-state index in [1.165, 1.54) is 11.3 Å². The van der Waals surface area contributed by atoms with Crippen molar-refractivity contribution < 1.29 is 4.79 Å². The van der Waals surface area contributed by atoms with Crippen LogP contribution in [0, 0.1) is 6.92 Å². The highest BCUT2D eigenvalue weighted by molar-refractivity contribution is 9.09. The van der Waals surface area contributed by atoms with Gasteiger partial charge in [0, 0.05) is 10.9 Å². The monoisotopic (exact) mass is 304 g/mol. The maximum atomic E-state index is 12.1. The number of carbonyl (C=O) groups excluding carboxylic acids is 1. The van der Waals surface area contributed by atoms with Crippen molar-refractivity contribution in [3.8, 4) is 0 Å². The van der Waals surface area contributed by atoms with E-state index in [2.05, 4.69) is 40.1 Å². The molecule has 0 bridgehead atoms. The Kier molecular flexibility index (Phi) is 4.92. The molecule has 1 rings (SSSR count). The van der Waals surface area contributed by atoms with E-state index in [-0.39, 0.29) is 11.4 Å².